The summed E-state index contributed by atoms with van der Waals surface area (Å²) >= 11 is 0. The minimum absolute atomic E-state index is 0.419. The van der Waals surface area contributed by atoms with Gasteiger partial charge in [-0.1, -0.05) is 38.5 Å². The third kappa shape index (κ3) is 2.99. The summed E-state index contributed by atoms with van der Waals surface area (Å²) in [5.41, 5.74) is 1.90. The van der Waals surface area contributed by atoms with Crippen LogP contribution in [0.4, 0.5) is 0 Å². The van der Waals surface area contributed by atoms with Gasteiger partial charge >= 0.3 is 0 Å². The van der Waals surface area contributed by atoms with Crippen LogP contribution in [0.5, 0.6) is 0 Å². The molecular weight excluding hydrogens is 224 g/mol. The van der Waals surface area contributed by atoms with Crippen molar-refractivity contribution >= 4 is 0 Å². The lowest BCUT2D eigenvalue weighted by molar-refractivity contribution is 0.146. The molecule has 96 valence electrons. The van der Waals surface area contributed by atoms with Gasteiger partial charge in [-0.05, 0) is 24.5 Å². The molecular formula is C15H20N2O. The highest BCUT2D eigenvalue weighted by atomic mass is 16.3. The molecule has 2 rings (SSSR count). The highest BCUT2D eigenvalue weighted by Crippen LogP contribution is 2.23. The van der Waals surface area contributed by atoms with Gasteiger partial charge in [0.2, 0.25) is 0 Å². The van der Waals surface area contributed by atoms with Crippen LogP contribution in [0.1, 0.15) is 38.4 Å². The second-order valence-electron chi connectivity index (χ2n) is 4.82. The smallest absolute Gasteiger partial charge is 0.0823 e. The van der Waals surface area contributed by atoms with Crippen LogP contribution < -0.4 is 0 Å². The summed E-state index contributed by atoms with van der Waals surface area (Å²) in [7, 11) is 0. The number of para-hydroxylation sites is 1. The first-order valence-electron chi connectivity index (χ1n) is 6.48. The van der Waals surface area contributed by atoms with E-state index in [1.54, 1.807) is 10.9 Å². The Labute approximate surface area is 108 Å². The fourth-order valence-corrected chi connectivity index (χ4v) is 1.91. The van der Waals surface area contributed by atoms with Gasteiger partial charge in [0.25, 0.3) is 0 Å². The quantitative estimate of drug-likeness (QED) is 0.876. The highest BCUT2D eigenvalue weighted by Gasteiger charge is 2.13. The molecule has 2 aromatic rings. The molecule has 1 aromatic carbocycles. The number of hydrogen-bond donors (Lipinski definition) is 1. The summed E-state index contributed by atoms with van der Waals surface area (Å²) in [6.45, 7) is 4.30. The lowest BCUT2D eigenvalue weighted by Crippen LogP contribution is -2.03. The molecule has 0 radical (unpaired) electrons. The fraction of sp³-hybridized carbons (Fsp3) is 0.400. The van der Waals surface area contributed by atoms with Crippen molar-refractivity contribution in [3.8, 4) is 5.69 Å². The normalized spacial score (nSPS) is 14.4. The van der Waals surface area contributed by atoms with Crippen molar-refractivity contribution in [2.75, 3.05) is 0 Å². The average molecular weight is 244 g/mol. The number of rotatable bonds is 5. The van der Waals surface area contributed by atoms with Gasteiger partial charge in [-0.2, -0.15) is 5.10 Å². The number of hydrogen-bond acceptors (Lipinski definition) is 2. The van der Waals surface area contributed by atoms with Gasteiger partial charge in [-0.25, -0.2) is 4.68 Å². The maximum Gasteiger partial charge on any atom is 0.0823 e. The molecule has 2 atom stereocenters. The van der Waals surface area contributed by atoms with Crippen LogP contribution >= 0.6 is 0 Å². The number of nitrogens with zero attached hydrogens (tertiary/aromatic N) is 2. The van der Waals surface area contributed by atoms with Crippen LogP contribution in [0, 0.1) is 5.92 Å². The molecule has 0 bridgehead atoms. The average Bonchev–Trinajstić information content (AvgIpc) is 2.89. The predicted molar refractivity (Wildman–Crippen MR) is 72.6 cm³/mol. The molecule has 2 unspecified atom stereocenters. The third-order valence-electron chi connectivity index (χ3n) is 3.33. The molecule has 0 saturated carbocycles. The van der Waals surface area contributed by atoms with Crippen LogP contribution in [0.3, 0.4) is 0 Å². The van der Waals surface area contributed by atoms with Gasteiger partial charge < -0.3 is 5.11 Å². The molecule has 1 N–H and O–H groups in total. The van der Waals surface area contributed by atoms with Crippen molar-refractivity contribution < 1.29 is 5.11 Å². The van der Waals surface area contributed by atoms with Crippen LogP contribution in [-0.2, 0) is 0 Å². The van der Waals surface area contributed by atoms with E-state index in [0.29, 0.717) is 5.92 Å². The van der Waals surface area contributed by atoms with E-state index in [4.69, 9.17) is 0 Å². The molecule has 1 heterocycles. The van der Waals surface area contributed by atoms with E-state index in [-0.39, 0.29) is 0 Å². The monoisotopic (exact) mass is 244 g/mol. The standard InChI is InChI=1S/C15H20N2O/c1-3-12(2)9-15(18)13-10-16-17(11-13)14-7-5-4-6-8-14/h4-8,10-12,15,18H,3,9H2,1-2H3. The zero-order valence-corrected chi connectivity index (χ0v) is 11.0. The van der Waals surface area contributed by atoms with Gasteiger partial charge in [-0.15, -0.1) is 0 Å². The SMILES string of the molecule is CCC(C)CC(O)c1cnn(-c2ccccc2)c1. The van der Waals surface area contributed by atoms with Gasteiger partial charge in [0.1, 0.15) is 0 Å². The van der Waals surface area contributed by atoms with E-state index in [0.717, 1.165) is 24.1 Å². The molecule has 0 aliphatic carbocycles. The van der Waals surface area contributed by atoms with E-state index in [1.165, 1.54) is 0 Å². The van der Waals surface area contributed by atoms with Crippen LogP contribution in [0.2, 0.25) is 0 Å². The molecule has 18 heavy (non-hydrogen) atoms. The van der Waals surface area contributed by atoms with Crippen molar-refractivity contribution in [2.45, 2.75) is 32.8 Å². The predicted octanol–water partition coefficient (Wildman–Crippen LogP) is 3.34. The molecule has 0 spiro atoms. The van der Waals surface area contributed by atoms with Crippen LogP contribution in [-0.4, -0.2) is 14.9 Å². The van der Waals surface area contributed by atoms with E-state index in [2.05, 4.69) is 18.9 Å². The first kappa shape index (κ1) is 12.8. The molecule has 3 heteroatoms. The van der Waals surface area contributed by atoms with Gasteiger partial charge in [-0.3, -0.25) is 0 Å². The maximum atomic E-state index is 10.1. The Morgan fingerprint density at radius 3 is 2.67 bits per heavy atom. The van der Waals surface area contributed by atoms with E-state index >= 15 is 0 Å². The first-order valence-corrected chi connectivity index (χ1v) is 6.48. The zero-order chi connectivity index (χ0) is 13.0. The zero-order valence-electron chi connectivity index (χ0n) is 11.0. The number of benzene rings is 1. The largest absolute Gasteiger partial charge is 0.388 e. The number of aliphatic hydroxyl groups is 1. The van der Waals surface area contributed by atoms with Crippen molar-refractivity contribution in [2.24, 2.45) is 5.92 Å². The van der Waals surface area contributed by atoms with E-state index in [1.807, 2.05) is 36.5 Å². The Kier molecular flexibility index (Phi) is 4.15. The summed E-state index contributed by atoms with van der Waals surface area (Å²) in [4.78, 5) is 0. The fourth-order valence-electron chi connectivity index (χ4n) is 1.91. The topological polar surface area (TPSA) is 38.1 Å². The molecule has 0 amide bonds. The van der Waals surface area contributed by atoms with E-state index < -0.39 is 6.10 Å². The Bertz CT molecular complexity index is 478. The molecule has 0 fully saturated rings. The van der Waals surface area contributed by atoms with Gasteiger partial charge in [0, 0.05) is 11.8 Å². The van der Waals surface area contributed by atoms with Crippen molar-refractivity contribution in [1.82, 2.24) is 9.78 Å². The Hall–Kier alpha value is -1.61. The molecule has 3 nitrogen and oxygen atoms in total. The summed E-state index contributed by atoms with van der Waals surface area (Å²) in [6.07, 6.45) is 5.11. The molecule has 0 aliphatic heterocycles. The Morgan fingerprint density at radius 1 is 1.28 bits per heavy atom. The summed E-state index contributed by atoms with van der Waals surface area (Å²) in [6, 6.07) is 9.93. The number of aromatic nitrogens is 2. The minimum Gasteiger partial charge on any atom is -0.388 e. The van der Waals surface area contributed by atoms with Crippen molar-refractivity contribution in [3.05, 3.63) is 48.3 Å². The van der Waals surface area contributed by atoms with Crippen LogP contribution in [0.15, 0.2) is 42.7 Å². The second-order valence-corrected chi connectivity index (χ2v) is 4.82. The highest BCUT2D eigenvalue weighted by molar-refractivity contribution is 5.31. The second kappa shape index (κ2) is 5.83. The van der Waals surface area contributed by atoms with Crippen molar-refractivity contribution in [1.29, 1.82) is 0 Å². The summed E-state index contributed by atoms with van der Waals surface area (Å²) in [5, 5.41) is 14.4. The summed E-state index contributed by atoms with van der Waals surface area (Å²) in [5.74, 6) is 0.528. The third-order valence-corrected chi connectivity index (χ3v) is 3.33. The molecule has 0 saturated heterocycles. The first-order chi connectivity index (χ1) is 8.70. The van der Waals surface area contributed by atoms with Gasteiger partial charge in [0.05, 0.1) is 18.0 Å². The molecule has 1 aromatic heterocycles. The maximum absolute atomic E-state index is 10.1. The number of aliphatic hydroxyl groups excluding tert-OH is 1. The van der Waals surface area contributed by atoms with Gasteiger partial charge in [0.15, 0.2) is 0 Å². The lowest BCUT2D eigenvalue weighted by Gasteiger charge is -2.13. The summed E-state index contributed by atoms with van der Waals surface area (Å²) < 4.78 is 1.80. The van der Waals surface area contributed by atoms with E-state index in [9.17, 15) is 5.11 Å². The lowest BCUT2D eigenvalue weighted by atomic mass is 9.98. The Morgan fingerprint density at radius 2 is 2.00 bits per heavy atom. The van der Waals surface area contributed by atoms with Crippen LogP contribution in [0.25, 0.3) is 5.69 Å². The Balaban J connectivity index is 2.11. The van der Waals surface area contributed by atoms with Crippen molar-refractivity contribution in [3.63, 3.8) is 0 Å². The minimum atomic E-state index is -0.419. The molecule has 0 aliphatic rings.